The van der Waals surface area contributed by atoms with E-state index in [-0.39, 0.29) is 0 Å². The Balaban J connectivity index is 0.00000158. The molecule has 7 nitrogen and oxygen atoms in total. The third-order valence-electron chi connectivity index (χ3n) is 7.73. The van der Waals surface area contributed by atoms with Crippen LogP contribution in [0, 0.1) is 19.8 Å². The van der Waals surface area contributed by atoms with Crippen molar-refractivity contribution in [2.45, 2.75) is 73.8 Å². The van der Waals surface area contributed by atoms with Gasteiger partial charge in [0, 0.05) is 53.6 Å². The predicted molar refractivity (Wildman–Crippen MR) is 165 cm³/mol. The van der Waals surface area contributed by atoms with E-state index in [1.807, 2.05) is 38.7 Å². The average Bonchev–Trinajstić information content (AvgIpc) is 3.63. The Labute approximate surface area is 237 Å². The van der Waals surface area contributed by atoms with E-state index in [9.17, 15) is 0 Å². The van der Waals surface area contributed by atoms with Crippen molar-refractivity contribution in [2.24, 2.45) is 13.0 Å². The van der Waals surface area contributed by atoms with Crippen LogP contribution in [0.2, 0.25) is 0 Å². The number of benzene rings is 1. The average molecular weight is 536 g/mol. The molecule has 0 unspecified atom stereocenters. The van der Waals surface area contributed by atoms with Crippen LogP contribution in [0.3, 0.4) is 0 Å². The Kier molecular flexibility index (Phi) is 7.74. The third kappa shape index (κ3) is 5.01. The summed E-state index contributed by atoms with van der Waals surface area (Å²) in [6, 6.07) is 8.53. The van der Waals surface area contributed by atoms with Gasteiger partial charge in [0.05, 0.1) is 22.6 Å². The zero-order valence-corrected chi connectivity index (χ0v) is 25.1. The monoisotopic (exact) mass is 535 g/mol. The highest BCUT2D eigenvalue weighted by Gasteiger charge is 2.23. The molecule has 6 rings (SSSR count). The summed E-state index contributed by atoms with van der Waals surface area (Å²) < 4.78 is 5.98. The number of nitrogens with zero attached hydrogens (tertiary/aromatic N) is 7. The summed E-state index contributed by atoms with van der Waals surface area (Å²) in [5, 5.41) is 16.8. The van der Waals surface area contributed by atoms with Crippen LogP contribution in [0.1, 0.15) is 70.3 Å². The van der Waals surface area contributed by atoms with Crippen molar-refractivity contribution in [3.63, 3.8) is 0 Å². The molecule has 1 aliphatic rings. The number of hydrogen-bond acceptors (Lipinski definition) is 4. The number of aryl methyl sites for hydroxylation is 2. The van der Waals surface area contributed by atoms with Crippen LogP contribution in [0.15, 0.2) is 60.5 Å². The van der Waals surface area contributed by atoms with Gasteiger partial charge in [0.1, 0.15) is 0 Å². The Morgan fingerprint density at radius 3 is 2.52 bits per heavy atom. The molecule has 0 radical (unpaired) electrons. The lowest BCUT2D eigenvalue weighted by Gasteiger charge is -2.17. The molecule has 1 atom stereocenters. The molecule has 4 aromatic heterocycles. The third-order valence-corrected chi connectivity index (χ3v) is 7.73. The van der Waals surface area contributed by atoms with E-state index in [4.69, 9.17) is 15.2 Å². The van der Waals surface area contributed by atoms with E-state index in [0.29, 0.717) is 11.8 Å². The molecular formula is C33H41N7. The van der Waals surface area contributed by atoms with Crippen molar-refractivity contribution in [3.05, 3.63) is 77.4 Å². The van der Waals surface area contributed by atoms with E-state index < -0.39 is 0 Å². The standard InChI is InChI=1S/C31H35N7.C2H6/c1-19(2)29-22(5)38(28-15-24-17-36(6)35-31(24)32-21(28)4)34-30(29)25-13-10-14-27-26(25)18-37(33-27)16-20(3)23-11-8-7-9-12-23;1-2/h7-8,10-11,13-15,17-20H,9,12,16H2,1-6H3;1-2H3/t20-;/m0./s1. The van der Waals surface area contributed by atoms with Crippen LogP contribution < -0.4 is 0 Å². The summed E-state index contributed by atoms with van der Waals surface area (Å²) in [5.74, 6) is 0.758. The summed E-state index contributed by atoms with van der Waals surface area (Å²) in [4.78, 5) is 4.77. The normalized spacial score (nSPS) is 14.1. The summed E-state index contributed by atoms with van der Waals surface area (Å²) in [7, 11) is 1.93. The van der Waals surface area contributed by atoms with Crippen LogP contribution in [-0.2, 0) is 13.6 Å². The van der Waals surface area contributed by atoms with Crippen molar-refractivity contribution in [3.8, 4) is 16.9 Å². The summed E-state index contributed by atoms with van der Waals surface area (Å²) in [5.41, 5.74) is 9.69. The quantitative estimate of drug-likeness (QED) is 0.222. The number of allylic oxidation sites excluding steroid dienone is 4. The fourth-order valence-corrected chi connectivity index (χ4v) is 5.83. The molecule has 0 aliphatic heterocycles. The molecular weight excluding hydrogens is 494 g/mol. The smallest absolute Gasteiger partial charge is 0.181 e. The maximum absolute atomic E-state index is 5.24. The number of rotatable bonds is 6. The molecule has 0 spiro atoms. The second kappa shape index (κ2) is 11.2. The molecule has 0 saturated heterocycles. The topological polar surface area (TPSA) is 66.3 Å². The predicted octanol–water partition coefficient (Wildman–Crippen LogP) is 7.85. The van der Waals surface area contributed by atoms with E-state index >= 15 is 0 Å². The Bertz CT molecular complexity index is 1720. The zero-order valence-electron chi connectivity index (χ0n) is 25.1. The van der Waals surface area contributed by atoms with Gasteiger partial charge in [0.15, 0.2) is 5.65 Å². The van der Waals surface area contributed by atoms with Crippen molar-refractivity contribution >= 4 is 21.9 Å². The van der Waals surface area contributed by atoms with E-state index in [0.717, 1.165) is 69.7 Å². The first-order valence-electron chi connectivity index (χ1n) is 14.5. The number of hydrogen-bond donors (Lipinski definition) is 0. The first-order chi connectivity index (χ1) is 19.3. The number of pyridine rings is 1. The van der Waals surface area contributed by atoms with Gasteiger partial charge in [0.25, 0.3) is 0 Å². The lowest BCUT2D eigenvalue weighted by atomic mass is 9.93. The van der Waals surface area contributed by atoms with Crippen LogP contribution in [-0.4, -0.2) is 34.3 Å². The molecule has 0 fully saturated rings. The van der Waals surface area contributed by atoms with E-state index in [1.165, 1.54) is 11.1 Å². The van der Waals surface area contributed by atoms with Gasteiger partial charge < -0.3 is 0 Å². The molecule has 4 heterocycles. The molecule has 7 heteroatoms. The largest absolute Gasteiger partial charge is 0.273 e. The maximum atomic E-state index is 5.24. The molecule has 5 aromatic rings. The van der Waals surface area contributed by atoms with Crippen LogP contribution in [0.4, 0.5) is 0 Å². The molecule has 40 heavy (non-hydrogen) atoms. The number of fused-ring (bicyclic) bond motifs is 2. The highest BCUT2D eigenvalue weighted by Crippen LogP contribution is 2.37. The highest BCUT2D eigenvalue weighted by atomic mass is 15.3. The van der Waals surface area contributed by atoms with Gasteiger partial charge in [-0.25, -0.2) is 9.67 Å². The van der Waals surface area contributed by atoms with Gasteiger partial charge in [-0.3, -0.25) is 9.36 Å². The van der Waals surface area contributed by atoms with Crippen LogP contribution in [0.5, 0.6) is 0 Å². The Hall–Kier alpha value is -4.00. The van der Waals surface area contributed by atoms with Crippen LogP contribution >= 0.6 is 0 Å². The van der Waals surface area contributed by atoms with Gasteiger partial charge in [-0.2, -0.15) is 15.3 Å². The first-order valence-corrected chi connectivity index (χ1v) is 14.5. The lowest BCUT2D eigenvalue weighted by Crippen LogP contribution is -2.11. The van der Waals surface area contributed by atoms with Crippen LogP contribution in [0.25, 0.3) is 38.9 Å². The minimum Gasteiger partial charge on any atom is -0.273 e. The van der Waals surface area contributed by atoms with Gasteiger partial charge >= 0.3 is 0 Å². The van der Waals surface area contributed by atoms with Crippen molar-refractivity contribution in [1.82, 2.24) is 34.3 Å². The van der Waals surface area contributed by atoms with Gasteiger partial charge in [-0.15, -0.1) is 0 Å². The Morgan fingerprint density at radius 1 is 1.00 bits per heavy atom. The Morgan fingerprint density at radius 2 is 1.80 bits per heavy atom. The van der Waals surface area contributed by atoms with Crippen molar-refractivity contribution < 1.29 is 0 Å². The van der Waals surface area contributed by atoms with Crippen molar-refractivity contribution in [2.75, 3.05) is 0 Å². The fraction of sp³-hybridized carbons (Fsp3) is 0.394. The molecule has 0 N–H and O–H groups in total. The lowest BCUT2D eigenvalue weighted by molar-refractivity contribution is 0.492. The fourth-order valence-electron chi connectivity index (χ4n) is 5.83. The molecule has 0 amide bonds. The minimum absolute atomic E-state index is 0.311. The van der Waals surface area contributed by atoms with Gasteiger partial charge in [-0.1, -0.05) is 70.6 Å². The summed E-state index contributed by atoms with van der Waals surface area (Å²) in [6.45, 7) is 15.8. The zero-order chi connectivity index (χ0) is 28.6. The molecule has 0 bridgehead atoms. The second-order valence-electron chi connectivity index (χ2n) is 10.9. The summed E-state index contributed by atoms with van der Waals surface area (Å²) >= 11 is 0. The highest BCUT2D eigenvalue weighted by molar-refractivity contribution is 5.94. The molecule has 0 saturated carbocycles. The summed E-state index contributed by atoms with van der Waals surface area (Å²) in [6.07, 6.45) is 13.2. The second-order valence-corrected chi connectivity index (χ2v) is 10.9. The molecule has 208 valence electrons. The SMILES string of the molecule is CC.Cc1nc2nn(C)cc2cc1-n1nc(-c2cccc3nn(C[C@H](C)C4=CC=CCC4)cc23)c(C(C)C)c1C. The molecule has 1 aromatic carbocycles. The molecule has 1 aliphatic carbocycles. The van der Waals surface area contributed by atoms with E-state index in [1.54, 1.807) is 0 Å². The van der Waals surface area contributed by atoms with E-state index in [2.05, 4.69) is 90.8 Å². The van der Waals surface area contributed by atoms with Crippen molar-refractivity contribution in [1.29, 1.82) is 0 Å². The number of aromatic nitrogens is 7. The van der Waals surface area contributed by atoms with Gasteiger partial charge in [0.2, 0.25) is 0 Å². The maximum Gasteiger partial charge on any atom is 0.181 e. The van der Waals surface area contributed by atoms with Gasteiger partial charge in [-0.05, 0) is 50.7 Å². The first kappa shape index (κ1) is 27.6. The minimum atomic E-state index is 0.311.